The third kappa shape index (κ3) is 3.92. The number of amidine groups is 1. The average molecular weight is 370 g/mol. The number of rotatable bonds is 3. The number of benzene rings is 1. The molecule has 3 rings (SSSR count). The highest BCUT2D eigenvalue weighted by Gasteiger charge is 2.23. The van der Waals surface area contributed by atoms with Crippen LogP contribution in [0.5, 0.6) is 0 Å². The van der Waals surface area contributed by atoms with Crippen LogP contribution < -0.4 is 5.32 Å². The molecule has 0 saturated carbocycles. The SMILES string of the molecule is COC(=O)c1ccc(-c2ccc(/C=C3/SC(NC(C)=O)=NC3=O)o2)cc1. The second-order valence-corrected chi connectivity index (χ2v) is 6.32. The summed E-state index contributed by atoms with van der Waals surface area (Å²) in [5.41, 5.74) is 1.23. The first-order valence-corrected chi connectivity index (χ1v) is 8.36. The Kier molecular flexibility index (Phi) is 5.04. The normalized spacial score (nSPS) is 15.1. The Morgan fingerprint density at radius 1 is 1.19 bits per heavy atom. The lowest BCUT2D eigenvalue weighted by Crippen LogP contribution is -2.23. The summed E-state index contributed by atoms with van der Waals surface area (Å²) in [5.74, 6) is -0.0628. The van der Waals surface area contributed by atoms with E-state index in [0.29, 0.717) is 22.0 Å². The van der Waals surface area contributed by atoms with Crippen LogP contribution in [0.15, 0.2) is 50.7 Å². The first kappa shape index (κ1) is 17.7. The molecule has 132 valence electrons. The molecule has 2 heterocycles. The van der Waals surface area contributed by atoms with Crippen LogP contribution in [0.3, 0.4) is 0 Å². The Bertz CT molecular complexity index is 941. The van der Waals surface area contributed by atoms with Crippen molar-refractivity contribution in [2.24, 2.45) is 4.99 Å². The number of furan rings is 1. The van der Waals surface area contributed by atoms with E-state index < -0.39 is 11.9 Å². The number of thioether (sulfide) groups is 1. The predicted molar refractivity (Wildman–Crippen MR) is 97.3 cm³/mol. The molecule has 8 heteroatoms. The minimum atomic E-state index is -0.431. The van der Waals surface area contributed by atoms with E-state index >= 15 is 0 Å². The fourth-order valence-corrected chi connectivity index (χ4v) is 3.06. The minimum absolute atomic E-state index is 0.249. The van der Waals surface area contributed by atoms with Gasteiger partial charge in [-0.25, -0.2) is 4.79 Å². The van der Waals surface area contributed by atoms with E-state index in [9.17, 15) is 14.4 Å². The van der Waals surface area contributed by atoms with Crippen molar-refractivity contribution in [2.45, 2.75) is 6.92 Å². The summed E-state index contributed by atoms with van der Waals surface area (Å²) in [5, 5.41) is 2.73. The summed E-state index contributed by atoms with van der Waals surface area (Å²) in [4.78, 5) is 38.5. The Labute approximate surface area is 153 Å². The first-order valence-electron chi connectivity index (χ1n) is 7.55. The number of ether oxygens (including phenoxy) is 1. The van der Waals surface area contributed by atoms with Crippen LogP contribution in [-0.2, 0) is 14.3 Å². The van der Waals surface area contributed by atoms with Gasteiger partial charge in [-0.15, -0.1) is 0 Å². The van der Waals surface area contributed by atoms with Crippen molar-refractivity contribution in [1.29, 1.82) is 0 Å². The molecule has 0 bridgehead atoms. The van der Waals surface area contributed by atoms with Gasteiger partial charge in [0.15, 0.2) is 5.17 Å². The largest absolute Gasteiger partial charge is 0.465 e. The molecule has 1 aromatic carbocycles. The van der Waals surface area contributed by atoms with E-state index in [1.807, 2.05) is 0 Å². The Morgan fingerprint density at radius 3 is 2.58 bits per heavy atom. The number of hydrogen-bond acceptors (Lipinski definition) is 6. The van der Waals surface area contributed by atoms with Crippen LogP contribution in [0.4, 0.5) is 0 Å². The third-order valence-corrected chi connectivity index (χ3v) is 4.29. The van der Waals surface area contributed by atoms with Crippen LogP contribution in [-0.4, -0.2) is 30.1 Å². The van der Waals surface area contributed by atoms with Crippen LogP contribution in [0.1, 0.15) is 23.0 Å². The van der Waals surface area contributed by atoms with Gasteiger partial charge in [-0.05, 0) is 36.0 Å². The van der Waals surface area contributed by atoms with Crippen LogP contribution in [0.2, 0.25) is 0 Å². The van der Waals surface area contributed by atoms with Crippen molar-refractivity contribution in [3.05, 3.63) is 52.6 Å². The number of nitrogens with zero attached hydrogens (tertiary/aromatic N) is 1. The monoisotopic (exact) mass is 370 g/mol. The molecule has 0 aliphatic carbocycles. The van der Waals surface area contributed by atoms with Crippen molar-refractivity contribution in [1.82, 2.24) is 5.32 Å². The summed E-state index contributed by atoms with van der Waals surface area (Å²) >= 11 is 1.07. The van der Waals surface area contributed by atoms with E-state index in [2.05, 4.69) is 15.0 Å². The Morgan fingerprint density at radius 2 is 1.92 bits per heavy atom. The van der Waals surface area contributed by atoms with Crippen LogP contribution >= 0.6 is 11.8 Å². The fraction of sp³-hybridized carbons (Fsp3) is 0.111. The lowest BCUT2D eigenvalue weighted by atomic mass is 10.1. The van der Waals surface area contributed by atoms with Gasteiger partial charge in [0.2, 0.25) is 5.91 Å². The molecule has 2 aromatic rings. The van der Waals surface area contributed by atoms with E-state index in [0.717, 1.165) is 17.3 Å². The minimum Gasteiger partial charge on any atom is -0.465 e. The lowest BCUT2D eigenvalue weighted by Gasteiger charge is -2.00. The highest BCUT2D eigenvalue weighted by molar-refractivity contribution is 8.18. The molecule has 7 nitrogen and oxygen atoms in total. The maximum atomic E-state index is 11.9. The summed E-state index contributed by atoms with van der Waals surface area (Å²) in [6.45, 7) is 1.35. The zero-order chi connectivity index (χ0) is 18.7. The summed E-state index contributed by atoms with van der Waals surface area (Å²) in [6.07, 6.45) is 1.57. The topological polar surface area (TPSA) is 98.0 Å². The number of carbonyl (C=O) groups is 3. The van der Waals surface area contributed by atoms with Crippen molar-refractivity contribution in [3.8, 4) is 11.3 Å². The number of esters is 1. The molecule has 1 aromatic heterocycles. The zero-order valence-corrected chi connectivity index (χ0v) is 14.8. The number of carbonyl (C=O) groups excluding carboxylic acids is 3. The molecule has 1 aliphatic heterocycles. The molecule has 26 heavy (non-hydrogen) atoms. The molecule has 0 radical (unpaired) electrons. The Balaban J connectivity index is 1.75. The molecule has 1 aliphatic rings. The van der Waals surface area contributed by atoms with Crippen LogP contribution in [0.25, 0.3) is 17.4 Å². The van der Waals surface area contributed by atoms with Crippen molar-refractivity contribution < 1.29 is 23.5 Å². The predicted octanol–water partition coefficient (Wildman–Crippen LogP) is 2.84. The third-order valence-electron chi connectivity index (χ3n) is 3.39. The molecule has 0 unspecified atom stereocenters. The van der Waals surface area contributed by atoms with Crippen molar-refractivity contribution >= 4 is 40.8 Å². The average Bonchev–Trinajstić information content (AvgIpc) is 3.21. The first-order chi connectivity index (χ1) is 12.5. The van der Waals surface area contributed by atoms with Gasteiger partial charge >= 0.3 is 5.97 Å². The maximum Gasteiger partial charge on any atom is 0.337 e. The van der Waals surface area contributed by atoms with E-state index in [1.165, 1.54) is 14.0 Å². The number of nitrogens with one attached hydrogen (secondary N) is 1. The van der Waals surface area contributed by atoms with E-state index in [-0.39, 0.29) is 11.1 Å². The van der Waals surface area contributed by atoms with Crippen LogP contribution in [0, 0.1) is 0 Å². The molecule has 1 N–H and O–H groups in total. The number of aliphatic imine (C=N–C) groups is 1. The lowest BCUT2D eigenvalue weighted by molar-refractivity contribution is -0.117. The van der Waals surface area contributed by atoms with Gasteiger partial charge in [-0.3, -0.25) is 9.59 Å². The van der Waals surface area contributed by atoms with Gasteiger partial charge in [-0.2, -0.15) is 4.99 Å². The number of hydrogen-bond donors (Lipinski definition) is 1. The Hall–Kier alpha value is -3.13. The summed E-state index contributed by atoms with van der Waals surface area (Å²) in [6, 6.07) is 10.3. The van der Waals surface area contributed by atoms with Gasteiger partial charge < -0.3 is 14.5 Å². The van der Waals surface area contributed by atoms with E-state index in [4.69, 9.17) is 4.42 Å². The highest BCUT2D eigenvalue weighted by atomic mass is 32.2. The van der Waals surface area contributed by atoms with Gasteiger partial charge in [0, 0.05) is 18.6 Å². The smallest absolute Gasteiger partial charge is 0.337 e. The molecule has 2 amide bonds. The maximum absolute atomic E-state index is 11.9. The molecule has 0 fully saturated rings. The second-order valence-electron chi connectivity index (χ2n) is 5.28. The summed E-state index contributed by atoms with van der Waals surface area (Å²) < 4.78 is 10.4. The standard InChI is InChI=1S/C18H14N2O5S/c1-10(21)19-18-20-16(22)15(26-18)9-13-7-8-14(25-13)11-3-5-12(6-4-11)17(23)24-2/h3-9H,1-2H3,(H,19,20,21,22)/b15-9+. The quantitative estimate of drug-likeness (QED) is 0.659. The van der Waals surface area contributed by atoms with E-state index in [1.54, 1.807) is 42.5 Å². The molecule has 0 atom stereocenters. The summed E-state index contributed by atoms with van der Waals surface area (Å²) in [7, 11) is 1.33. The van der Waals surface area contributed by atoms with Gasteiger partial charge in [0.05, 0.1) is 17.6 Å². The second kappa shape index (κ2) is 7.40. The number of amides is 2. The molecule has 0 saturated heterocycles. The van der Waals surface area contributed by atoms with Crippen molar-refractivity contribution in [3.63, 3.8) is 0 Å². The highest BCUT2D eigenvalue weighted by Crippen LogP contribution is 2.29. The molecular formula is C18H14N2O5S. The molecule has 0 spiro atoms. The van der Waals surface area contributed by atoms with Crippen molar-refractivity contribution in [2.75, 3.05) is 7.11 Å². The molecular weight excluding hydrogens is 356 g/mol. The zero-order valence-electron chi connectivity index (χ0n) is 13.9. The van der Waals surface area contributed by atoms with Gasteiger partial charge in [0.1, 0.15) is 11.5 Å². The number of methoxy groups -OCH3 is 1. The van der Waals surface area contributed by atoms with Gasteiger partial charge in [0.25, 0.3) is 5.91 Å². The fourth-order valence-electron chi connectivity index (χ4n) is 2.22. The van der Waals surface area contributed by atoms with Gasteiger partial charge in [-0.1, -0.05) is 12.1 Å².